The van der Waals surface area contributed by atoms with Crippen molar-refractivity contribution in [3.8, 4) is 0 Å². The molecular formula is C17H24N6O5S. The van der Waals surface area contributed by atoms with Gasteiger partial charge >= 0.3 is 11.8 Å². The zero-order chi connectivity index (χ0) is 21.3. The summed E-state index contributed by atoms with van der Waals surface area (Å²) >= 11 is 1.21. The maximum Gasteiger partial charge on any atom is 0.409 e. The average molecular weight is 424 g/mol. The molecule has 11 nitrogen and oxygen atoms in total. The van der Waals surface area contributed by atoms with Crippen LogP contribution in [0.3, 0.4) is 0 Å². The quantitative estimate of drug-likeness (QED) is 0.601. The summed E-state index contributed by atoms with van der Waals surface area (Å²) in [4.78, 5) is 56.4. The number of thioether (sulfide) groups is 1. The van der Waals surface area contributed by atoms with Crippen LogP contribution in [0.4, 0.5) is 4.79 Å². The third-order valence-electron chi connectivity index (χ3n) is 4.91. The molecule has 0 atom stereocenters. The minimum absolute atomic E-state index is 0.0765. The van der Waals surface area contributed by atoms with Crippen molar-refractivity contribution in [1.82, 2.24) is 28.5 Å². The summed E-state index contributed by atoms with van der Waals surface area (Å²) in [5.74, 6) is 0.0672. The molecule has 0 spiro atoms. The summed E-state index contributed by atoms with van der Waals surface area (Å²) in [5, 5.41) is 0.483. The molecule has 2 aromatic rings. The highest BCUT2D eigenvalue weighted by molar-refractivity contribution is 7.99. The number of piperazine rings is 1. The highest BCUT2D eigenvalue weighted by Gasteiger charge is 2.25. The van der Waals surface area contributed by atoms with Gasteiger partial charge in [0.25, 0.3) is 5.56 Å². The van der Waals surface area contributed by atoms with Crippen molar-refractivity contribution in [2.45, 2.75) is 12.1 Å². The van der Waals surface area contributed by atoms with Crippen molar-refractivity contribution in [2.75, 3.05) is 38.5 Å². The Labute approximate surface area is 170 Å². The van der Waals surface area contributed by atoms with E-state index in [-0.39, 0.29) is 23.3 Å². The smallest absolute Gasteiger partial charge is 0.409 e. The first-order valence-corrected chi connectivity index (χ1v) is 10.2. The summed E-state index contributed by atoms with van der Waals surface area (Å²) in [6.07, 6.45) is -0.360. The van der Waals surface area contributed by atoms with E-state index in [0.717, 1.165) is 4.57 Å². The van der Waals surface area contributed by atoms with Crippen LogP contribution in [0.25, 0.3) is 11.2 Å². The first-order chi connectivity index (χ1) is 13.8. The van der Waals surface area contributed by atoms with Gasteiger partial charge in [0.15, 0.2) is 16.3 Å². The summed E-state index contributed by atoms with van der Waals surface area (Å²) in [6.45, 7) is 3.82. The molecule has 0 aromatic carbocycles. The van der Waals surface area contributed by atoms with Crippen LogP contribution < -0.4 is 11.2 Å². The monoisotopic (exact) mass is 424 g/mol. The number of aryl methyl sites for hydroxylation is 2. The molecule has 3 rings (SSSR count). The molecule has 1 aliphatic rings. The Morgan fingerprint density at radius 3 is 2.24 bits per heavy atom. The van der Waals surface area contributed by atoms with Crippen molar-refractivity contribution in [1.29, 1.82) is 0 Å². The number of imidazole rings is 1. The highest BCUT2D eigenvalue weighted by atomic mass is 32.2. The topological polar surface area (TPSA) is 112 Å². The van der Waals surface area contributed by atoms with Crippen LogP contribution in [0.5, 0.6) is 0 Å². The molecule has 0 unspecified atom stereocenters. The fourth-order valence-electron chi connectivity index (χ4n) is 3.26. The molecular weight excluding hydrogens is 400 g/mol. The number of rotatable bonds is 4. The van der Waals surface area contributed by atoms with Crippen molar-refractivity contribution >= 4 is 34.9 Å². The number of carbonyl (C=O) groups is 2. The second-order valence-electron chi connectivity index (χ2n) is 6.69. The molecule has 158 valence electrons. The Hall–Kier alpha value is -2.76. The summed E-state index contributed by atoms with van der Waals surface area (Å²) in [7, 11) is 4.69. The summed E-state index contributed by atoms with van der Waals surface area (Å²) in [5.41, 5.74) is -0.296. The third kappa shape index (κ3) is 3.88. The number of hydrogen-bond donors (Lipinski definition) is 0. The van der Waals surface area contributed by atoms with E-state index in [1.54, 1.807) is 35.4 Å². The van der Waals surface area contributed by atoms with E-state index in [4.69, 9.17) is 4.74 Å². The van der Waals surface area contributed by atoms with E-state index < -0.39 is 11.2 Å². The van der Waals surface area contributed by atoms with Crippen LogP contribution in [0.1, 0.15) is 6.92 Å². The Morgan fingerprint density at radius 1 is 1.00 bits per heavy atom. The van der Waals surface area contributed by atoms with Gasteiger partial charge in [-0.1, -0.05) is 11.8 Å². The molecule has 0 bridgehead atoms. The number of amides is 2. The molecule has 0 N–H and O–H groups in total. The van der Waals surface area contributed by atoms with Gasteiger partial charge in [-0.15, -0.1) is 0 Å². The van der Waals surface area contributed by atoms with Gasteiger partial charge in [-0.05, 0) is 6.92 Å². The molecule has 2 amide bonds. The Morgan fingerprint density at radius 2 is 1.62 bits per heavy atom. The van der Waals surface area contributed by atoms with Crippen LogP contribution >= 0.6 is 11.8 Å². The lowest BCUT2D eigenvalue weighted by Crippen LogP contribution is -2.51. The molecule has 12 heteroatoms. The number of nitrogens with zero attached hydrogens (tertiary/aromatic N) is 6. The van der Waals surface area contributed by atoms with Gasteiger partial charge in [0.05, 0.1) is 12.4 Å². The SMILES string of the molecule is CCOC(=O)N1CCN(C(=O)CSc2nc3c(=O)n(C)c(=O)n(C)c3n2C)CC1. The van der Waals surface area contributed by atoms with Crippen LogP contribution in [0.15, 0.2) is 14.7 Å². The Balaban J connectivity index is 1.68. The lowest BCUT2D eigenvalue weighted by Gasteiger charge is -2.34. The van der Waals surface area contributed by atoms with E-state index in [9.17, 15) is 19.2 Å². The number of fused-ring (bicyclic) bond motifs is 1. The number of ether oxygens (including phenoxy) is 1. The normalized spacial score (nSPS) is 14.5. The minimum Gasteiger partial charge on any atom is -0.450 e. The van der Waals surface area contributed by atoms with Crippen LogP contribution in [0.2, 0.25) is 0 Å². The Bertz CT molecular complexity index is 1060. The summed E-state index contributed by atoms with van der Waals surface area (Å²) in [6, 6.07) is 0. The lowest BCUT2D eigenvalue weighted by atomic mass is 10.3. The zero-order valence-corrected chi connectivity index (χ0v) is 17.7. The molecule has 0 aliphatic carbocycles. The minimum atomic E-state index is -0.466. The maximum atomic E-state index is 12.6. The van der Waals surface area contributed by atoms with Crippen molar-refractivity contribution in [3.05, 3.63) is 20.8 Å². The van der Waals surface area contributed by atoms with Gasteiger partial charge in [0.2, 0.25) is 5.91 Å². The van der Waals surface area contributed by atoms with Gasteiger partial charge < -0.3 is 19.1 Å². The fraction of sp³-hybridized carbons (Fsp3) is 0.588. The van der Waals surface area contributed by atoms with E-state index in [1.807, 2.05) is 0 Å². The molecule has 29 heavy (non-hydrogen) atoms. The second-order valence-corrected chi connectivity index (χ2v) is 7.63. The fourth-order valence-corrected chi connectivity index (χ4v) is 4.13. The van der Waals surface area contributed by atoms with E-state index >= 15 is 0 Å². The lowest BCUT2D eigenvalue weighted by molar-refractivity contribution is -0.129. The van der Waals surface area contributed by atoms with E-state index in [2.05, 4.69) is 4.98 Å². The Kier molecular flexibility index (Phi) is 6.01. The van der Waals surface area contributed by atoms with Gasteiger partial charge in [0.1, 0.15) is 0 Å². The molecule has 2 aromatic heterocycles. The van der Waals surface area contributed by atoms with Gasteiger partial charge in [-0.25, -0.2) is 14.6 Å². The maximum absolute atomic E-state index is 12.6. The van der Waals surface area contributed by atoms with Gasteiger partial charge in [0, 0.05) is 47.3 Å². The van der Waals surface area contributed by atoms with E-state index in [1.165, 1.54) is 23.4 Å². The largest absolute Gasteiger partial charge is 0.450 e. The van der Waals surface area contributed by atoms with E-state index in [0.29, 0.717) is 43.6 Å². The number of aromatic nitrogens is 4. The molecule has 1 aliphatic heterocycles. The third-order valence-corrected chi connectivity index (χ3v) is 5.92. The number of carbonyl (C=O) groups excluding carboxylic acids is 2. The van der Waals surface area contributed by atoms with Gasteiger partial charge in [-0.3, -0.25) is 18.7 Å². The van der Waals surface area contributed by atoms with Crippen molar-refractivity contribution in [2.24, 2.45) is 21.1 Å². The highest BCUT2D eigenvalue weighted by Crippen LogP contribution is 2.21. The zero-order valence-electron chi connectivity index (χ0n) is 16.9. The molecule has 1 fully saturated rings. The molecule has 3 heterocycles. The second kappa shape index (κ2) is 8.31. The first kappa shape index (κ1) is 21.0. The average Bonchev–Trinajstić information content (AvgIpc) is 3.05. The van der Waals surface area contributed by atoms with Crippen LogP contribution in [-0.4, -0.2) is 79.0 Å². The first-order valence-electron chi connectivity index (χ1n) is 9.21. The standard InChI is InChI=1S/C17H24N6O5S/c1-5-28-17(27)23-8-6-22(7-9-23)11(24)10-29-15-18-12-13(19(15)2)20(3)16(26)21(4)14(12)25/h5-10H2,1-4H3. The van der Waals surface area contributed by atoms with Gasteiger partial charge in [-0.2, -0.15) is 0 Å². The van der Waals surface area contributed by atoms with Crippen molar-refractivity contribution < 1.29 is 14.3 Å². The summed E-state index contributed by atoms with van der Waals surface area (Å²) < 4.78 is 9.00. The number of hydrogen-bond acceptors (Lipinski definition) is 7. The molecule has 0 radical (unpaired) electrons. The van der Waals surface area contributed by atoms with Crippen LogP contribution in [-0.2, 0) is 30.7 Å². The van der Waals surface area contributed by atoms with Crippen molar-refractivity contribution in [3.63, 3.8) is 0 Å². The molecule has 1 saturated heterocycles. The van der Waals surface area contributed by atoms with Crippen LogP contribution in [0, 0.1) is 0 Å². The predicted octanol–water partition coefficient (Wildman–Crippen LogP) is -0.636. The molecule has 0 saturated carbocycles. The predicted molar refractivity (Wildman–Crippen MR) is 107 cm³/mol.